The van der Waals surface area contributed by atoms with Gasteiger partial charge in [0.1, 0.15) is 5.01 Å². The second-order valence-corrected chi connectivity index (χ2v) is 5.31. The van der Waals surface area contributed by atoms with Gasteiger partial charge in [-0.3, -0.25) is 20.2 Å². The van der Waals surface area contributed by atoms with Crippen LogP contribution in [0.1, 0.15) is 20.9 Å². The minimum atomic E-state index is -0.517. The summed E-state index contributed by atoms with van der Waals surface area (Å²) in [7, 11) is 0. The van der Waals surface area contributed by atoms with Gasteiger partial charge in [0.05, 0.1) is 4.92 Å². The summed E-state index contributed by atoms with van der Waals surface area (Å²) in [6.45, 7) is 2.07. The molecule has 2 rings (SSSR count). The van der Waals surface area contributed by atoms with Crippen LogP contribution in [0, 0.1) is 17.0 Å². The van der Waals surface area contributed by atoms with Gasteiger partial charge < -0.3 is 5.73 Å². The molecule has 110 valence electrons. The first-order valence-electron chi connectivity index (χ1n) is 6.10. The van der Waals surface area contributed by atoms with E-state index in [1.54, 1.807) is 6.92 Å². The van der Waals surface area contributed by atoms with E-state index in [-0.39, 0.29) is 11.3 Å². The van der Waals surface area contributed by atoms with E-state index in [0.717, 1.165) is 5.01 Å². The van der Waals surface area contributed by atoms with Crippen LogP contribution in [0.4, 0.5) is 10.8 Å². The highest BCUT2D eigenvalue weighted by Gasteiger charge is 2.16. The van der Waals surface area contributed by atoms with Gasteiger partial charge in [0.25, 0.3) is 11.6 Å². The van der Waals surface area contributed by atoms with E-state index in [1.807, 2.05) is 0 Å². The van der Waals surface area contributed by atoms with Gasteiger partial charge in [-0.15, -0.1) is 10.2 Å². The molecule has 1 amide bonds. The number of anilines is 1. The molecule has 1 heterocycles. The Morgan fingerprint density at radius 2 is 2.24 bits per heavy atom. The molecular formula is C12H13N5O3S. The first kappa shape index (κ1) is 15.0. The molecule has 0 saturated heterocycles. The number of hydrogen-bond donors (Lipinski definition) is 2. The maximum absolute atomic E-state index is 12.0. The average molecular weight is 307 g/mol. The first-order chi connectivity index (χ1) is 10.0. The topological polar surface area (TPSA) is 124 Å². The van der Waals surface area contributed by atoms with Gasteiger partial charge in [0.2, 0.25) is 5.13 Å². The average Bonchev–Trinajstić information content (AvgIpc) is 2.86. The molecule has 0 unspecified atom stereocenters. The molecule has 0 aliphatic carbocycles. The zero-order valence-corrected chi connectivity index (χ0v) is 12.0. The molecule has 0 saturated carbocycles. The molecule has 0 bridgehead atoms. The lowest BCUT2D eigenvalue weighted by Crippen LogP contribution is -2.12. The van der Waals surface area contributed by atoms with Gasteiger partial charge in [-0.2, -0.15) is 0 Å². The number of nitrogens with two attached hydrogens (primary N) is 1. The minimum Gasteiger partial charge on any atom is -0.330 e. The summed E-state index contributed by atoms with van der Waals surface area (Å²) in [6.07, 6.45) is 0.587. The van der Waals surface area contributed by atoms with Crippen molar-refractivity contribution in [1.29, 1.82) is 0 Å². The van der Waals surface area contributed by atoms with E-state index in [1.165, 1.54) is 29.5 Å². The zero-order chi connectivity index (χ0) is 15.4. The summed E-state index contributed by atoms with van der Waals surface area (Å²) in [5, 5.41) is 22.2. The van der Waals surface area contributed by atoms with E-state index in [0.29, 0.717) is 23.7 Å². The van der Waals surface area contributed by atoms with E-state index < -0.39 is 10.8 Å². The number of rotatable bonds is 5. The third kappa shape index (κ3) is 3.58. The Bertz CT molecular complexity index is 685. The van der Waals surface area contributed by atoms with Crippen LogP contribution in [0.3, 0.4) is 0 Å². The molecule has 0 fully saturated rings. The number of carbonyl (C=O) groups is 1. The van der Waals surface area contributed by atoms with Crippen molar-refractivity contribution < 1.29 is 9.72 Å². The number of nitro groups is 1. The first-order valence-corrected chi connectivity index (χ1v) is 6.91. The Kier molecular flexibility index (Phi) is 4.55. The number of nitrogens with zero attached hydrogens (tertiary/aromatic N) is 3. The number of nitrogens with one attached hydrogen (secondary N) is 1. The van der Waals surface area contributed by atoms with Gasteiger partial charge in [-0.1, -0.05) is 17.4 Å². The van der Waals surface area contributed by atoms with Crippen molar-refractivity contribution >= 4 is 28.1 Å². The number of aromatic nitrogens is 2. The van der Waals surface area contributed by atoms with Crippen LogP contribution in [0.25, 0.3) is 0 Å². The number of hydrogen-bond acceptors (Lipinski definition) is 7. The van der Waals surface area contributed by atoms with Crippen LogP contribution < -0.4 is 11.1 Å². The number of benzene rings is 1. The Hall–Kier alpha value is -2.39. The Morgan fingerprint density at radius 1 is 1.48 bits per heavy atom. The second kappa shape index (κ2) is 6.37. The standard InChI is InChI=1S/C12H13N5O3S/c1-7-2-3-8(6-9(7)17(19)20)11(18)14-12-16-15-10(21-12)4-5-13/h2-3,6H,4-5,13H2,1H3,(H,14,16,18). The molecular weight excluding hydrogens is 294 g/mol. The fourth-order valence-electron chi connectivity index (χ4n) is 1.65. The van der Waals surface area contributed by atoms with E-state index in [9.17, 15) is 14.9 Å². The molecule has 0 atom stereocenters. The molecule has 0 radical (unpaired) electrons. The lowest BCUT2D eigenvalue weighted by Gasteiger charge is -2.02. The van der Waals surface area contributed by atoms with Gasteiger partial charge in [0, 0.05) is 23.6 Å². The predicted octanol–water partition coefficient (Wildman–Crippen LogP) is 1.51. The second-order valence-electron chi connectivity index (χ2n) is 4.25. The van der Waals surface area contributed by atoms with Crippen LogP contribution in [0.5, 0.6) is 0 Å². The quantitative estimate of drug-likeness (QED) is 0.637. The van der Waals surface area contributed by atoms with Crippen LogP contribution in [0.15, 0.2) is 18.2 Å². The molecule has 8 nitrogen and oxygen atoms in total. The summed E-state index contributed by atoms with van der Waals surface area (Å²) in [5.41, 5.74) is 6.01. The molecule has 9 heteroatoms. The van der Waals surface area contributed by atoms with E-state index in [4.69, 9.17) is 5.73 Å². The van der Waals surface area contributed by atoms with Gasteiger partial charge in [0.15, 0.2) is 0 Å². The van der Waals surface area contributed by atoms with Gasteiger partial charge >= 0.3 is 0 Å². The maximum Gasteiger partial charge on any atom is 0.273 e. The molecule has 1 aromatic heterocycles. The predicted molar refractivity (Wildman–Crippen MR) is 78.5 cm³/mol. The van der Waals surface area contributed by atoms with Crippen LogP contribution >= 0.6 is 11.3 Å². The van der Waals surface area contributed by atoms with Crippen LogP contribution in [-0.4, -0.2) is 27.6 Å². The number of amides is 1. The van der Waals surface area contributed by atoms with Crippen LogP contribution in [-0.2, 0) is 6.42 Å². The number of carbonyl (C=O) groups excluding carboxylic acids is 1. The van der Waals surface area contributed by atoms with Crippen molar-refractivity contribution in [3.63, 3.8) is 0 Å². The van der Waals surface area contributed by atoms with Gasteiger partial charge in [-0.25, -0.2) is 0 Å². The fourth-order valence-corrected chi connectivity index (χ4v) is 2.40. The molecule has 0 spiro atoms. The normalized spacial score (nSPS) is 10.4. The lowest BCUT2D eigenvalue weighted by atomic mass is 10.1. The zero-order valence-electron chi connectivity index (χ0n) is 11.2. The Labute approximate surface area is 124 Å². The van der Waals surface area contributed by atoms with Crippen molar-refractivity contribution in [3.8, 4) is 0 Å². The molecule has 0 aliphatic rings. The van der Waals surface area contributed by atoms with Crippen molar-refractivity contribution in [2.24, 2.45) is 5.73 Å². The highest BCUT2D eigenvalue weighted by atomic mass is 32.1. The van der Waals surface area contributed by atoms with Crippen molar-refractivity contribution in [2.45, 2.75) is 13.3 Å². The molecule has 0 aliphatic heterocycles. The molecule has 1 aromatic carbocycles. The fraction of sp³-hybridized carbons (Fsp3) is 0.250. The minimum absolute atomic E-state index is 0.0938. The lowest BCUT2D eigenvalue weighted by molar-refractivity contribution is -0.385. The number of aryl methyl sites for hydroxylation is 1. The maximum atomic E-state index is 12.0. The summed E-state index contributed by atoms with van der Waals surface area (Å²) in [6, 6.07) is 4.30. The molecule has 2 aromatic rings. The summed E-state index contributed by atoms with van der Waals surface area (Å²) in [5.74, 6) is -0.464. The monoisotopic (exact) mass is 307 g/mol. The SMILES string of the molecule is Cc1ccc(C(=O)Nc2nnc(CCN)s2)cc1[N+](=O)[O-]. The molecule has 21 heavy (non-hydrogen) atoms. The third-order valence-corrected chi connectivity index (χ3v) is 3.61. The third-order valence-electron chi connectivity index (χ3n) is 2.71. The summed E-state index contributed by atoms with van der Waals surface area (Å²) in [4.78, 5) is 22.4. The largest absolute Gasteiger partial charge is 0.330 e. The summed E-state index contributed by atoms with van der Waals surface area (Å²) >= 11 is 1.23. The molecule has 3 N–H and O–H groups in total. The van der Waals surface area contributed by atoms with Crippen molar-refractivity contribution in [3.05, 3.63) is 44.4 Å². The smallest absolute Gasteiger partial charge is 0.273 e. The van der Waals surface area contributed by atoms with E-state index >= 15 is 0 Å². The van der Waals surface area contributed by atoms with Crippen molar-refractivity contribution in [2.75, 3.05) is 11.9 Å². The highest BCUT2D eigenvalue weighted by molar-refractivity contribution is 7.15. The summed E-state index contributed by atoms with van der Waals surface area (Å²) < 4.78 is 0. The van der Waals surface area contributed by atoms with Crippen molar-refractivity contribution in [1.82, 2.24) is 10.2 Å². The van der Waals surface area contributed by atoms with E-state index in [2.05, 4.69) is 15.5 Å². The number of nitro benzene ring substituents is 1. The van der Waals surface area contributed by atoms with Crippen LogP contribution in [0.2, 0.25) is 0 Å². The Morgan fingerprint density at radius 3 is 2.90 bits per heavy atom. The van der Waals surface area contributed by atoms with Gasteiger partial charge in [-0.05, 0) is 19.5 Å². The highest BCUT2D eigenvalue weighted by Crippen LogP contribution is 2.21. The Balaban J connectivity index is 2.16.